The van der Waals surface area contributed by atoms with Gasteiger partial charge in [0.25, 0.3) is 0 Å². The largest absolute Gasteiger partial charge is 0.417 e. The maximum absolute atomic E-state index is 13.0. The number of anilines is 1. The summed E-state index contributed by atoms with van der Waals surface area (Å²) in [6.45, 7) is 4.15. The zero-order chi connectivity index (χ0) is 14.8. The first-order chi connectivity index (χ1) is 9.41. The third kappa shape index (κ3) is 3.04. The number of rotatable bonds is 3. The number of nitrogens with zero attached hydrogens (tertiary/aromatic N) is 3. The van der Waals surface area contributed by atoms with Gasteiger partial charge in [-0.05, 0) is 26.0 Å². The van der Waals surface area contributed by atoms with Gasteiger partial charge in [-0.1, -0.05) is 0 Å². The number of hydrogen-bond acceptors (Lipinski definition) is 4. The molecule has 0 saturated heterocycles. The van der Waals surface area contributed by atoms with E-state index in [9.17, 15) is 13.2 Å². The van der Waals surface area contributed by atoms with Gasteiger partial charge >= 0.3 is 6.18 Å². The quantitative estimate of drug-likeness (QED) is 0.938. The lowest BCUT2D eigenvalue weighted by Crippen LogP contribution is -2.09. The minimum absolute atomic E-state index is 0.0512. The monoisotopic (exact) mass is 282 g/mol. The average Bonchev–Trinajstić information content (AvgIpc) is 2.37. The van der Waals surface area contributed by atoms with Crippen molar-refractivity contribution in [1.82, 2.24) is 15.0 Å². The number of aromatic nitrogens is 3. The number of pyridine rings is 1. The van der Waals surface area contributed by atoms with Gasteiger partial charge in [-0.2, -0.15) is 13.2 Å². The lowest BCUT2D eigenvalue weighted by Gasteiger charge is -2.13. The molecule has 7 heteroatoms. The Morgan fingerprint density at radius 3 is 2.65 bits per heavy atom. The van der Waals surface area contributed by atoms with Crippen LogP contribution in [0.5, 0.6) is 0 Å². The first kappa shape index (κ1) is 14.2. The van der Waals surface area contributed by atoms with E-state index >= 15 is 0 Å². The van der Waals surface area contributed by atoms with Gasteiger partial charge in [-0.3, -0.25) is 4.98 Å². The van der Waals surface area contributed by atoms with Crippen LogP contribution in [-0.2, 0) is 6.18 Å². The van der Waals surface area contributed by atoms with Crippen molar-refractivity contribution in [1.29, 1.82) is 0 Å². The highest BCUT2D eigenvalue weighted by Gasteiger charge is 2.34. The third-order valence-corrected chi connectivity index (χ3v) is 2.59. The van der Waals surface area contributed by atoms with Crippen LogP contribution in [0.1, 0.15) is 18.2 Å². The molecule has 0 amide bonds. The summed E-state index contributed by atoms with van der Waals surface area (Å²) in [6, 6.07) is 2.45. The van der Waals surface area contributed by atoms with Crippen LogP contribution in [0.2, 0.25) is 0 Å². The molecule has 1 N–H and O–H groups in total. The molecule has 0 unspecified atom stereocenters. The van der Waals surface area contributed by atoms with E-state index in [1.807, 2.05) is 6.92 Å². The highest BCUT2D eigenvalue weighted by atomic mass is 19.4. The molecular weight excluding hydrogens is 269 g/mol. The maximum atomic E-state index is 13.0. The van der Waals surface area contributed by atoms with Crippen molar-refractivity contribution in [2.75, 3.05) is 11.9 Å². The molecule has 0 bridgehead atoms. The van der Waals surface area contributed by atoms with Crippen LogP contribution in [0.3, 0.4) is 0 Å². The molecule has 0 aliphatic rings. The first-order valence-corrected chi connectivity index (χ1v) is 6.03. The van der Waals surface area contributed by atoms with Crippen LogP contribution in [0.4, 0.5) is 19.1 Å². The molecule has 0 fully saturated rings. The number of aryl methyl sites for hydroxylation is 1. The number of nitrogens with one attached hydrogen (secondary N) is 1. The molecule has 0 aliphatic carbocycles. The summed E-state index contributed by atoms with van der Waals surface area (Å²) in [7, 11) is 0. The van der Waals surface area contributed by atoms with Gasteiger partial charge in [0.2, 0.25) is 5.95 Å². The molecule has 20 heavy (non-hydrogen) atoms. The van der Waals surface area contributed by atoms with Crippen molar-refractivity contribution in [2.24, 2.45) is 0 Å². The van der Waals surface area contributed by atoms with Crippen molar-refractivity contribution in [3.63, 3.8) is 0 Å². The summed E-state index contributed by atoms with van der Waals surface area (Å²) in [4.78, 5) is 12.0. The Labute approximate surface area is 114 Å². The Hall–Kier alpha value is -2.18. The predicted molar refractivity (Wildman–Crippen MR) is 69.2 cm³/mol. The van der Waals surface area contributed by atoms with Crippen molar-refractivity contribution >= 4 is 5.95 Å². The molecule has 0 spiro atoms. The second kappa shape index (κ2) is 5.44. The van der Waals surface area contributed by atoms with Crippen LogP contribution in [0, 0.1) is 6.92 Å². The van der Waals surface area contributed by atoms with Crippen LogP contribution in [-0.4, -0.2) is 21.5 Å². The summed E-state index contributed by atoms with van der Waals surface area (Å²) < 4.78 is 39.0. The highest BCUT2D eigenvalue weighted by Crippen LogP contribution is 2.36. The van der Waals surface area contributed by atoms with Crippen LogP contribution in [0.25, 0.3) is 11.3 Å². The Kier molecular flexibility index (Phi) is 3.87. The zero-order valence-electron chi connectivity index (χ0n) is 11.0. The average molecular weight is 282 g/mol. The van der Waals surface area contributed by atoms with Crippen molar-refractivity contribution in [3.8, 4) is 11.3 Å². The highest BCUT2D eigenvalue weighted by molar-refractivity contribution is 5.64. The summed E-state index contributed by atoms with van der Waals surface area (Å²) in [5.74, 6) is 0.305. The second-order valence-electron chi connectivity index (χ2n) is 4.17. The van der Waals surface area contributed by atoms with Gasteiger partial charge in [0, 0.05) is 30.2 Å². The summed E-state index contributed by atoms with van der Waals surface area (Å²) >= 11 is 0. The van der Waals surface area contributed by atoms with E-state index in [2.05, 4.69) is 20.3 Å². The number of hydrogen-bond donors (Lipinski definition) is 1. The van der Waals surface area contributed by atoms with Gasteiger partial charge < -0.3 is 5.32 Å². The standard InChI is InChI=1S/C13H13F3N4/c1-3-18-12-19-8(2)6-11(20-12)9-7-17-5-4-10(9)13(14,15)16/h4-7H,3H2,1-2H3,(H,18,19,20). The molecule has 2 rings (SSSR count). The lowest BCUT2D eigenvalue weighted by molar-refractivity contribution is -0.137. The van der Waals surface area contributed by atoms with Crippen molar-refractivity contribution < 1.29 is 13.2 Å². The Morgan fingerprint density at radius 2 is 2.00 bits per heavy atom. The molecule has 0 atom stereocenters. The van der Waals surface area contributed by atoms with E-state index in [1.165, 1.54) is 12.3 Å². The van der Waals surface area contributed by atoms with E-state index < -0.39 is 11.7 Å². The van der Waals surface area contributed by atoms with E-state index in [1.54, 1.807) is 6.92 Å². The van der Waals surface area contributed by atoms with Gasteiger partial charge in [0.1, 0.15) is 0 Å². The second-order valence-corrected chi connectivity index (χ2v) is 4.17. The van der Waals surface area contributed by atoms with Crippen molar-refractivity contribution in [2.45, 2.75) is 20.0 Å². The molecule has 0 radical (unpaired) electrons. The van der Waals surface area contributed by atoms with E-state index in [-0.39, 0.29) is 11.3 Å². The van der Waals surface area contributed by atoms with Gasteiger partial charge in [0.15, 0.2) is 0 Å². The Balaban J connectivity index is 2.57. The SMILES string of the molecule is CCNc1nc(C)cc(-c2cnccc2C(F)(F)F)n1. The van der Waals surface area contributed by atoms with E-state index in [0.29, 0.717) is 18.2 Å². The summed E-state index contributed by atoms with van der Waals surface area (Å²) in [5.41, 5.74) is -0.0190. The number of alkyl halides is 3. The molecule has 4 nitrogen and oxygen atoms in total. The molecule has 0 aromatic carbocycles. The summed E-state index contributed by atoms with van der Waals surface area (Å²) in [6.07, 6.45) is -2.17. The molecule has 0 aliphatic heterocycles. The summed E-state index contributed by atoms with van der Waals surface area (Å²) in [5, 5.41) is 2.89. The van der Waals surface area contributed by atoms with Crippen LogP contribution < -0.4 is 5.32 Å². The minimum atomic E-state index is -4.45. The topological polar surface area (TPSA) is 50.7 Å². The minimum Gasteiger partial charge on any atom is -0.354 e. The first-order valence-electron chi connectivity index (χ1n) is 6.03. The Bertz CT molecular complexity index is 611. The van der Waals surface area contributed by atoms with Gasteiger partial charge in [-0.15, -0.1) is 0 Å². The molecule has 0 saturated carbocycles. The lowest BCUT2D eigenvalue weighted by atomic mass is 10.1. The fourth-order valence-electron chi connectivity index (χ4n) is 1.79. The van der Waals surface area contributed by atoms with Crippen LogP contribution in [0.15, 0.2) is 24.5 Å². The fraction of sp³-hybridized carbons (Fsp3) is 0.308. The maximum Gasteiger partial charge on any atom is 0.417 e. The van der Waals surface area contributed by atoms with Gasteiger partial charge in [0.05, 0.1) is 11.3 Å². The molecular formula is C13H13F3N4. The molecule has 2 aromatic rings. The fourth-order valence-corrected chi connectivity index (χ4v) is 1.79. The third-order valence-electron chi connectivity index (χ3n) is 2.59. The molecule has 106 valence electrons. The van der Waals surface area contributed by atoms with Crippen LogP contribution >= 0.6 is 0 Å². The molecule has 2 heterocycles. The Morgan fingerprint density at radius 1 is 1.25 bits per heavy atom. The molecule has 2 aromatic heterocycles. The predicted octanol–water partition coefficient (Wildman–Crippen LogP) is 3.30. The number of halogens is 3. The zero-order valence-corrected chi connectivity index (χ0v) is 11.0. The van der Waals surface area contributed by atoms with E-state index in [4.69, 9.17) is 0 Å². The normalized spacial score (nSPS) is 11.4. The van der Waals surface area contributed by atoms with Crippen molar-refractivity contribution in [3.05, 3.63) is 35.8 Å². The van der Waals surface area contributed by atoms with E-state index in [0.717, 1.165) is 12.3 Å². The van der Waals surface area contributed by atoms with Gasteiger partial charge in [-0.25, -0.2) is 9.97 Å². The smallest absolute Gasteiger partial charge is 0.354 e.